The van der Waals surface area contributed by atoms with Crippen molar-refractivity contribution in [1.82, 2.24) is 0 Å². The van der Waals surface area contributed by atoms with E-state index in [9.17, 15) is 27.9 Å². The van der Waals surface area contributed by atoms with Gasteiger partial charge in [0.2, 0.25) is 24.2 Å². The van der Waals surface area contributed by atoms with Crippen LogP contribution in [0.4, 0.5) is 18.9 Å². The van der Waals surface area contributed by atoms with Crippen molar-refractivity contribution in [3.63, 3.8) is 0 Å². The van der Waals surface area contributed by atoms with Crippen LogP contribution >= 0.6 is 0 Å². The van der Waals surface area contributed by atoms with Crippen molar-refractivity contribution < 1.29 is 46.4 Å². The number of carbonyl (C=O) groups excluding carboxylic acids is 1. The second kappa shape index (κ2) is 9.96. The van der Waals surface area contributed by atoms with Gasteiger partial charge in [0.05, 0.1) is 25.3 Å². The maximum absolute atomic E-state index is 13.1. The molecule has 4 rings (SSSR count). The third kappa shape index (κ3) is 5.13. The number of fused-ring (bicyclic) bond motifs is 1. The highest BCUT2D eigenvalue weighted by atomic mass is 19.4. The van der Waals surface area contributed by atoms with Gasteiger partial charge in [-0.05, 0) is 37.3 Å². The summed E-state index contributed by atoms with van der Waals surface area (Å²) in [5.74, 6) is -1.26. The zero-order valence-corrected chi connectivity index (χ0v) is 19.9. The van der Waals surface area contributed by atoms with E-state index in [2.05, 4.69) is 5.32 Å². The predicted octanol–water partition coefficient (Wildman–Crippen LogP) is 4.58. The Kier molecular flexibility index (Phi) is 6.92. The van der Waals surface area contributed by atoms with E-state index in [-0.39, 0.29) is 52.4 Å². The Bertz CT molecular complexity index is 1380. The number of aromatic hydroxyl groups is 1. The van der Waals surface area contributed by atoms with E-state index in [0.29, 0.717) is 0 Å². The van der Waals surface area contributed by atoms with Crippen LogP contribution in [0.3, 0.4) is 0 Å². The van der Waals surface area contributed by atoms with E-state index in [4.69, 9.17) is 23.4 Å². The van der Waals surface area contributed by atoms with E-state index in [1.165, 1.54) is 33.3 Å². The fraction of sp³-hybridized carbons (Fsp3) is 0.280. The van der Waals surface area contributed by atoms with E-state index in [1.807, 2.05) is 0 Å². The first-order valence-corrected chi connectivity index (χ1v) is 10.9. The number of hydrogen-bond donors (Lipinski definition) is 2. The number of rotatable bonds is 7. The zero-order valence-electron chi connectivity index (χ0n) is 19.9. The van der Waals surface area contributed by atoms with E-state index < -0.39 is 41.4 Å². The molecule has 1 atom stereocenters. The quantitative estimate of drug-likeness (QED) is 0.464. The van der Waals surface area contributed by atoms with Crippen LogP contribution in [-0.4, -0.2) is 32.0 Å². The van der Waals surface area contributed by atoms with Crippen LogP contribution < -0.4 is 29.9 Å². The van der Waals surface area contributed by atoms with Crippen LogP contribution in [0.1, 0.15) is 34.8 Å². The zero-order chi connectivity index (χ0) is 26.9. The minimum atomic E-state index is -4.53. The number of halogens is 3. The summed E-state index contributed by atoms with van der Waals surface area (Å²) in [6, 6.07) is 6.60. The molecule has 0 spiro atoms. The molecule has 0 saturated heterocycles. The summed E-state index contributed by atoms with van der Waals surface area (Å²) >= 11 is 0. The van der Waals surface area contributed by atoms with Crippen molar-refractivity contribution in [2.24, 2.45) is 0 Å². The standard InChI is InChI=1S/C25H22F3NO8/c1-12-8-17(30)20(24(32)37-12)15(10-19(31)29-14-6-4-13(5-7-14)25(26,27)28)16-9-18(33-2)22-23(21(16)34-3)36-11-35-22/h4-9,15,30H,10-11H2,1-3H3,(H,29,31)/t15-/m1/s1. The van der Waals surface area contributed by atoms with Crippen LogP contribution in [0, 0.1) is 6.92 Å². The van der Waals surface area contributed by atoms with Gasteiger partial charge in [-0.3, -0.25) is 4.79 Å². The topological polar surface area (TPSA) is 116 Å². The number of nitrogens with one attached hydrogen (secondary N) is 1. The molecule has 0 aliphatic carbocycles. The lowest BCUT2D eigenvalue weighted by Crippen LogP contribution is -2.21. The molecule has 0 bridgehead atoms. The van der Waals surface area contributed by atoms with Crippen molar-refractivity contribution in [2.45, 2.75) is 25.4 Å². The van der Waals surface area contributed by atoms with Crippen molar-refractivity contribution in [2.75, 3.05) is 26.3 Å². The van der Waals surface area contributed by atoms with Gasteiger partial charge in [0, 0.05) is 29.7 Å². The number of carbonyl (C=O) groups is 1. The third-order valence-electron chi connectivity index (χ3n) is 5.71. The van der Waals surface area contributed by atoms with Crippen molar-refractivity contribution in [3.8, 4) is 28.7 Å². The summed E-state index contributed by atoms with van der Waals surface area (Å²) in [5, 5.41) is 13.2. The van der Waals surface area contributed by atoms with Gasteiger partial charge in [-0.25, -0.2) is 4.79 Å². The van der Waals surface area contributed by atoms with E-state index in [0.717, 1.165) is 24.3 Å². The first-order valence-electron chi connectivity index (χ1n) is 10.9. The summed E-state index contributed by atoms with van der Waals surface area (Å²) in [6.07, 6.45) is -4.96. The van der Waals surface area contributed by atoms with E-state index in [1.54, 1.807) is 0 Å². The highest BCUT2D eigenvalue weighted by Gasteiger charge is 2.35. The number of benzene rings is 2. The second-order valence-electron chi connectivity index (χ2n) is 8.09. The van der Waals surface area contributed by atoms with Gasteiger partial charge in [0.1, 0.15) is 11.5 Å². The SMILES string of the molecule is COc1cc([C@@H](CC(=O)Nc2ccc(C(F)(F)F)cc2)c2c(O)cc(C)oc2=O)c(OC)c2c1OCO2. The normalized spacial score (nSPS) is 13.2. The predicted molar refractivity (Wildman–Crippen MR) is 124 cm³/mol. The average Bonchev–Trinajstić information content (AvgIpc) is 3.31. The molecule has 1 aliphatic heterocycles. The summed E-state index contributed by atoms with van der Waals surface area (Å²) in [4.78, 5) is 25.9. The minimum Gasteiger partial charge on any atom is -0.507 e. The Labute approximate surface area is 208 Å². The maximum Gasteiger partial charge on any atom is 0.416 e. The molecule has 0 fully saturated rings. The van der Waals surface area contributed by atoms with Crippen LogP contribution in [0.2, 0.25) is 0 Å². The first kappa shape index (κ1) is 25.7. The fourth-order valence-corrected chi connectivity index (χ4v) is 4.09. The summed E-state index contributed by atoms with van der Waals surface area (Å²) < 4.78 is 65.7. The van der Waals surface area contributed by atoms with Gasteiger partial charge in [-0.15, -0.1) is 0 Å². The van der Waals surface area contributed by atoms with Gasteiger partial charge < -0.3 is 33.8 Å². The lowest BCUT2D eigenvalue weighted by atomic mass is 9.87. The first-order chi connectivity index (χ1) is 17.5. The van der Waals surface area contributed by atoms with Gasteiger partial charge in [-0.2, -0.15) is 13.2 Å². The van der Waals surface area contributed by atoms with E-state index >= 15 is 0 Å². The molecule has 0 unspecified atom stereocenters. The molecule has 2 heterocycles. The van der Waals surface area contributed by atoms with Crippen molar-refractivity contribution >= 4 is 11.6 Å². The van der Waals surface area contributed by atoms with Gasteiger partial charge in [0.15, 0.2) is 11.5 Å². The molecule has 37 heavy (non-hydrogen) atoms. The molecule has 2 N–H and O–H groups in total. The molecule has 1 amide bonds. The Morgan fingerprint density at radius 1 is 1.11 bits per heavy atom. The third-order valence-corrected chi connectivity index (χ3v) is 5.71. The number of alkyl halides is 3. The Morgan fingerprint density at radius 3 is 2.38 bits per heavy atom. The van der Waals surface area contributed by atoms with Crippen LogP contribution in [-0.2, 0) is 11.0 Å². The molecule has 196 valence electrons. The molecular weight excluding hydrogens is 499 g/mol. The molecule has 12 heteroatoms. The molecule has 3 aromatic rings. The molecular formula is C25H22F3NO8. The Balaban J connectivity index is 1.77. The lowest BCUT2D eigenvalue weighted by molar-refractivity contribution is -0.137. The number of ether oxygens (including phenoxy) is 4. The Morgan fingerprint density at radius 2 is 1.78 bits per heavy atom. The number of amides is 1. The number of anilines is 1. The number of hydrogen-bond acceptors (Lipinski definition) is 8. The highest BCUT2D eigenvalue weighted by Crippen LogP contribution is 2.52. The fourth-order valence-electron chi connectivity index (χ4n) is 4.09. The molecule has 1 aromatic heterocycles. The summed E-state index contributed by atoms with van der Waals surface area (Å²) in [7, 11) is 2.74. The lowest BCUT2D eigenvalue weighted by Gasteiger charge is -2.22. The van der Waals surface area contributed by atoms with Crippen LogP contribution in [0.15, 0.2) is 45.6 Å². The smallest absolute Gasteiger partial charge is 0.416 e. The monoisotopic (exact) mass is 521 g/mol. The molecule has 0 radical (unpaired) electrons. The minimum absolute atomic E-state index is 0.104. The second-order valence-corrected chi connectivity index (χ2v) is 8.09. The van der Waals surface area contributed by atoms with Crippen LogP contribution in [0.5, 0.6) is 28.7 Å². The summed E-state index contributed by atoms with van der Waals surface area (Å²) in [6.45, 7) is 1.35. The number of aryl methyl sites for hydroxylation is 1. The molecule has 2 aromatic carbocycles. The largest absolute Gasteiger partial charge is 0.507 e. The average molecular weight is 521 g/mol. The van der Waals surface area contributed by atoms with Gasteiger partial charge in [0.25, 0.3) is 0 Å². The van der Waals surface area contributed by atoms with Crippen molar-refractivity contribution in [1.29, 1.82) is 0 Å². The Hall–Kier alpha value is -4.35. The van der Waals surface area contributed by atoms with Gasteiger partial charge in [-0.1, -0.05) is 0 Å². The molecule has 1 aliphatic rings. The number of methoxy groups -OCH3 is 2. The van der Waals surface area contributed by atoms with Gasteiger partial charge >= 0.3 is 11.8 Å². The van der Waals surface area contributed by atoms with Crippen LogP contribution in [0.25, 0.3) is 0 Å². The molecule has 9 nitrogen and oxygen atoms in total. The summed E-state index contributed by atoms with van der Waals surface area (Å²) in [5.41, 5.74) is -1.64. The maximum atomic E-state index is 13.1. The van der Waals surface area contributed by atoms with Crippen molar-refractivity contribution in [3.05, 3.63) is 69.3 Å². The highest BCUT2D eigenvalue weighted by molar-refractivity contribution is 5.92. The molecule has 0 saturated carbocycles.